The van der Waals surface area contributed by atoms with E-state index in [1.54, 1.807) is 0 Å². The van der Waals surface area contributed by atoms with Crippen LogP contribution in [0.1, 0.15) is 41.4 Å². The second kappa shape index (κ2) is 8.97. The number of likely N-dealkylation sites (tertiary alicyclic amines) is 1. The maximum atomic E-state index is 12.6. The lowest BCUT2D eigenvalue weighted by molar-refractivity contribution is 0.0609. The molecule has 1 aliphatic heterocycles. The first-order chi connectivity index (χ1) is 12.2. The van der Waals surface area contributed by atoms with Gasteiger partial charge in [0.2, 0.25) is 0 Å². The zero-order valence-electron chi connectivity index (χ0n) is 14.7. The molecule has 1 saturated heterocycles. The maximum absolute atomic E-state index is 12.6. The number of carbonyl (C=O) groups is 1. The van der Waals surface area contributed by atoms with Crippen molar-refractivity contribution < 1.29 is 4.79 Å². The highest BCUT2D eigenvalue weighted by atomic mass is 79.9. The molecule has 0 N–H and O–H groups in total. The van der Waals surface area contributed by atoms with E-state index in [2.05, 4.69) is 39.9 Å². The Morgan fingerprint density at radius 1 is 1.20 bits per heavy atom. The molecular weight excluding hydrogens is 396 g/mol. The van der Waals surface area contributed by atoms with Gasteiger partial charge >= 0.3 is 0 Å². The van der Waals surface area contributed by atoms with E-state index in [9.17, 15) is 4.79 Å². The summed E-state index contributed by atoms with van der Waals surface area (Å²) in [4.78, 5) is 18.6. The normalized spacial score (nSPS) is 15.7. The largest absolute Gasteiger partial charge is 0.339 e. The molecule has 0 bridgehead atoms. The minimum atomic E-state index is 0.170. The Hall–Kier alpha value is -1.17. The topological polar surface area (TPSA) is 23.6 Å². The molecule has 1 amide bonds. The minimum Gasteiger partial charge on any atom is -0.339 e. The average molecular weight is 421 g/mol. The quantitative estimate of drug-likeness (QED) is 0.654. The lowest BCUT2D eigenvalue weighted by Gasteiger charge is -2.38. The molecule has 134 valence electrons. The van der Waals surface area contributed by atoms with E-state index in [4.69, 9.17) is 0 Å². The lowest BCUT2D eigenvalue weighted by Crippen LogP contribution is -2.46. The Morgan fingerprint density at radius 3 is 2.52 bits per heavy atom. The number of benzene rings is 1. The molecule has 1 aromatic carbocycles. The molecule has 0 spiro atoms. The molecule has 1 aromatic heterocycles. The van der Waals surface area contributed by atoms with Gasteiger partial charge in [0.1, 0.15) is 0 Å². The lowest BCUT2D eigenvalue weighted by atomic mass is 10.0. The number of piperidine rings is 1. The minimum absolute atomic E-state index is 0.170. The number of amides is 1. The summed E-state index contributed by atoms with van der Waals surface area (Å²) >= 11 is 5.38. The number of thiophene rings is 1. The molecule has 2 aromatic rings. The molecule has 0 saturated carbocycles. The van der Waals surface area contributed by atoms with Crippen LogP contribution in [0.4, 0.5) is 0 Å². The van der Waals surface area contributed by atoms with E-state index in [1.807, 2.05) is 46.6 Å². The van der Waals surface area contributed by atoms with Crippen LogP contribution in [-0.4, -0.2) is 41.4 Å². The van der Waals surface area contributed by atoms with E-state index in [-0.39, 0.29) is 5.91 Å². The predicted molar refractivity (Wildman–Crippen MR) is 108 cm³/mol. The van der Waals surface area contributed by atoms with Gasteiger partial charge in [-0.25, -0.2) is 0 Å². The first-order valence-electron chi connectivity index (χ1n) is 9.00. The second-order valence-electron chi connectivity index (χ2n) is 6.57. The van der Waals surface area contributed by atoms with Crippen LogP contribution in [0.25, 0.3) is 0 Å². The van der Waals surface area contributed by atoms with Gasteiger partial charge in [-0.05, 0) is 66.0 Å². The van der Waals surface area contributed by atoms with Crippen LogP contribution < -0.4 is 0 Å². The van der Waals surface area contributed by atoms with Crippen molar-refractivity contribution >= 4 is 33.2 Å². The summed E-state index contributed by atoms with van der Waals surface area (Å²) in [6.45, 7) is 6.08. The van der Waals surface area contributed by atoms with Gasteiger partial charge in [-0.3, -0.25) is 9.69 Å². The highest BCUT2D eigenvalue weighted by molar-refractivity contribution is 9.11. The SMILES string of the molecule is CCCN(Cc1ccc(Br)s1)C1CCN(C(=O)c2ccccc2)CC1. The van der Waals surface area contributed by atoms with Crippen molar-refractivity contribution in [3.05, 3.63) is 56.7 Å². The van der Waals surface area contributed by atoms with Crippen molar-refractivity contribution in [3.8, 4) is 0 Å². The number of nitrogens with zero attached hydrogens (tertiary/aromatic N) is 2. The van der Waals surface area contributed by atoms with Gasteiger partial charge in [0.05, 0.1) is 3.79 Å². The van der Waals surface area contributed by atoms with Crippen molar-refractivity contribution in [2.75, 3.05) is 19.6 Å². The van der Waals surface area contributed by atoms with Crippen LogP contribution in [0.15, 0.2) is 46.3 Å². The Morgan fingerprint density at radius 2 is 1.92 bits per heavy atom. The first kappa shape index (κ1) is 18.6. The maximum Gasteiger partial charge on any atom is 0.253 e. The Bertz CT molecular complexity index is 680. The van der Waals surface area contributed by atoms with Crippen LogP contribution in [-0.2, 0) is 6.54 Å². The van der Waals surface area contributed by atoms with Gasteiger partial charge in [0.15, 0.2) is 0 Å². The highest BCUT2D eigenvalue weighted by Crippen LogP contribution is 2.26. The summed E-state index contributed by atoms with van der Waals surface area (Å²) in [5.74, 6) is 0.170. The summed E-state index contributed by atoms with van der Waals surface area (Å²) in [5.41, 5.74) is 0.801. The molecule has 5 heteroatoms. The third kappa shape index (κ3) is 4.93. The second-order valence-corrected chi connectivity index (χ2v) is 9.11. The molecule has 1 aliphatic rings. The zero-order valence-corrected chi connectivity index (χ0v) is 17.1. The molecule has 0 unspecified atom stereocenters. The Balaban J connectivity index is 1.58. The molecule has 25 heavy (non-hydrogen) atoms. The summed E-state index contributed by atoms with van der Waals surface area (Å²) in [6, 6.07) is 14.6. The van der Waals surface area contributed by atoms with Gasteiger partial charge in [-0.1, -0.05) is 25.1 Å². The Kier molecular flexibility index (Phi) is 6.68. The number of hydrogen-bond acceptors (Lipinski definition) is 3. The summed E-state index contributed by atoms with van der Waals surface area (Å²) < 4.78 is 1.20. The molecule has 0 atom stereocenters. The highest BCUT2D eigenvalue weighted by Gasteiger charge is 2.27. The molecule has 0 aliphatic carbocycles. The molecule has 3 rings (SSSR count). The van der Waals surface area contributed by atoms with Crippen molar-refractivity contribution in [1.29, 1.82) is 0 Å². The fourth-order valence-corrected chi connectivity index (χ4v) is 5.02. The van der Waals surface area contributed by atoms with E-state index in [0.29, 0.717) is 6.04 Å². The summed E-state index contributed by atoms with van der Waals surface area (Å²) in [5, 5.41) is 0. The Labute approximate surface area is 162 Å². The average Bonchev–Trinajstić information content (AvgIpc) is 3.06. The van der Waals surface area contributed by atoms with E-state index in [0.717, 1.165) is 51.0 Å². The summed E-state index contributed by atoms with van der Waals surface area (Å²) in [6.07, 6.45) is 3.28. The van der Waals surface area contributed by atoms with Gasteiger partial charge in [-0.2, -0.15) is 0 Å². The number of hydrogen-bond donors (Lipinski definition) is 0. The third-order valence-corrected chi connectivity index (χ3v) is 6.40. The first-order valence-corrected chi connectivity index (χ1v) is 10.6. The smallest absolute Gasteiger partial charge is 0.253 e. The van der Waals surface area contributed by atoms with Gasteiger partial charge in [-0.15, -0.1) is 11.3 Å². The molecule has 0 radical (unpaired) electrons. The van der Waals surface area contributed by atoms with E-state index >= 15 is 0 Å². The third-order valence-electron chi connectivity index (χ3n) is 4.79. The number of carbonyl (C=O) groups excluding carboxylic acids is 1. The van der Waals surface area contributed by atoms with Gasteiger partial charge in [0.25, 0.3) is 5.91 Å². The molecule has 2 heterocycles. The molecule has 3 nitrogen and oxygen atoms in total. The predicted octanol–water partition coefficient (Wildman–Crippen LogP) is 5.03. The zero-order chi connectivity index (χ0) is 17.6. The molecular formula is C20H25BrN2OS. The van der Waals surface area contributed by atoms with Crippen LogP contribution >= 0.6 is 27.3 Å². The van der Waals surface area contributed by atoms with Crippen LogP contribution in [0.5, 0.6) is 0 Å². The summed E-state index contributed by atoms with van der Waals surface area (Å²) in [7, 11) is 0. The van der Waals surface area contributed by atoms with Crippen LogP contribution in [0.3, 0.4) is 0 Å². The molecule has 1 fully saturated rings. The fraction of sp³-hybridized carbons (Fsp3) is 0.450. The van der Waals surface area contributed by atoms with Gasteiger partial charge in [0, 0.05) is 36.1 Å². The van der Waals surface area contributed by atoms with E-state index in [1.165, 1.54) is 8.66 Å². The van der Waals surface area contributed by atoms with Crippen molar-refractivity contribution in [2.24, 2.45) is 0 Å². The van der Waals surface area contributed by atoms with Crippen molar-refractivity contribution in [3.63, 3.8) is 0 Å². The van der Waals surface area contributed by atoms with Crippen molar-refractivity contribution in [1.82, 2.24) is 9.80 Å². The van der Waals surface area contributed by atoms with Gasteiger partial charge < -0.3 is 4.90 Å². The number of halogens is 1. The van der Waals surface area contributed by atoms with Crippen LogP contribution in [0, 0.1) is 0 Å². The standard InChI is InChI=1S/C20H25BrN2OS/c1-2-12-23(15-18-8-9-19(21)25-18)17-10-13-22(14-11-17)20(24)16-6-4-3-5-7-16/h3-9,17H,2,10-15H2,1H3. The fourth-order valence-electron chi connectivity index (χ4n) is 3.51. The van der Waals surface area contributed by atoms with Crippen LogP contribution in [0.2, 0.25) is 0 Å². The number of rotatable bonds is 6. The van der Waals surface area contributed by atoms with Crippen molar-refractivity contribution in [2.45, 2.75) is 38.8 Å². The van der Waals surface area contributed by atoms with E-state index < -0.39 is 0 Å². The monoisotopic (exact) mass is 420 g/mol.